The lowest BCUT2D eigenvalue weighted by Gasteiger charge is -2.41. The van der Waals surface area contributed by atoms with Gasteiger partial charge in [-0.1, -0.05) is 6.92 Å². The summed E-state index contributed by atoms with van der Waals surface area (Å²) in [5.41, 5.74) is 0. The van der Waals surface area contributed by atoms with Gasteiger partial charge < -0.3 is 15.3 Å². The zero-order valence-electron chi connectivity index (χ0n) is 10.7. The SMILES string of the molecule is CC(C(=O)O)C1CN(C(=O)NCCc2nccs2)C1. The fourth-order valence-corrected chi connectivity index (χ4v) is 2.58. The topological polar surface area (TPSA) is 82.5 Å². The van der Waals surface area contributed by atoms with Crippen molar-refractivity contribution in [3.05, 3.63) is 16.6 Å². The van der Waals surface area contributed by atoms with E-state index in [1.165, 1.54) is 0 Å². The highest BCUT2D eigenvalue weighted by molar-refractivity contribution is 7.09. The Hall–Kier alpha value is -1.63. The van der Waals surface area contributed by atoms with Crippen molar-refractivity contribution in [1.82, 2.24) is 15.2 Å². The number of carbonyl (C=O) groups excluding carboxylic acids is 1. The zero-order chi connectivity index (χ0) is 13.8. The van der Waals surface area contributed by atoms with Gasteiger partial charge in [-0.25, -0.2) is 9.78 Å². The van der Waals surface area contributed by atoms with Gasteiger partial charge in [0.1, 0.15) is 0 Å². The minimum Gasteiger partial charge on any atom is -0.481 e. The molecule has 0 aromatic carbocycles. The maximum atomic E-state index is 11.7. The number of likely N-dealkylation sites (tertiary alicyclic amines) is 1. The van der Waals surface area contributed by atoms with Crippen LogP contribution in [0, 0.1) is 11.8 Å². The summed E-state index contributed by atoms with van der Waals surface area (Å²) in [7, 11) is 0. The summed E-state index contributed by atoms with van der Waals surface area (Å²) in [5, 5.41) is 14.6. The summed E-state index contributed by atoms with van der Waals surface area (Å²) in [6.45, 7) is 3.29. The van der Waals surface area contributed by atoms with Crippen molar-refractivity contribution in [2.45, 2.75) is 13.3 Å². The molecule has 1 aliphatic heterocycles. The predicted molar refractivity (Wildman–Crippen MR) is 71.1 cm³/mol. The molecule has 1 aromatic heterocycles. The first-order chi connectivity index (χ1) is 9.08. The number of nitrogens with one attached hydrogen (secondary N) is 1. The Bertz CT molecular complexity index is 443. The molecule has 2 amide bonds. The van der Waals surface area contributed by atoms with E-state index in [9.17, 15) is 9.59 Å². The molecule has 1 atom stereocenters. The molecular weight excluding hydrogens is 266 g/mol. The number of hydrogen-bond donors (Lipinski definition) is 2. The third kappa shape index (κ3) is 3.44. The van der Waals surface area contributed by atoms with Crippen LogP contribution in [-0.2, 0) is 11.2 Å². The van der Waals surface area contributed by atoms with Crippen molar-refractivity contribution >= 4 is 23.3 Å². The lowest BCUT2D eigenvalue weighted by atomic mass is 9.87. The van der Waals surface area contributed by atoms with Gasteiger partial charge in [0.05, 0.1) is 10.9 Å². The molecule has 104 valence electrons. The van der Waals surface area contributed by atoms with Gasteiger partial charge in [0.25, 0.3) is 0 Å². The molecule has 2 N–H and O–H groups in total. The van der Waals surface area contributed by atoms with E-state index in [0.717, 1.165) is 11.4 Å². The summed E-state index contributed by atoms with van der Waals surface area (Å²) < 4.78 is 0. The van der Waals surface area contributed by atoms with E-state index in [1.807, 2.05) is 5.38 Å². The van der Waals surface area contributed by atoms with Crippen molar-refractivity contribution in [2.75, 3.05) is 19.6 Å². The first kappa shape index (κ1) is 13.8. The van der Waals surface area contributed by atoms with Crippen LogP contribution in [0.25, 0.3) is 0 Å². The summed E-state index contributed by atoms with van der Waals surface area (Å²) in [6, 6.07) is -0.120. The minimum atomic E-state index is -0.797. The lowest BCUT2D eigenvalue weighted by molar-refractivity contribution is -0.144. The van der Waals surface area contributed by atoms with Crippen LogP contribution in [-0.4, -0.2) is 46.6 Å². The Morgan fingerprint density at radius 1 is 1.63 bits per heavy atom. The second-order valence-corrected chi connectivity index (χ2v) is 5.68. The van der Waals surface area contributed by atoms with Crippen molar-refractivity contribution in [1.29, 1.82) is 0 Å². The molecule has 2 heterocycles. The molecule has 0 radical (unpaired) electrons. The highest BCUT2D eigenvalue weighted by atomic mass is 32.1. The monoisotopic (exact) mass is 283 g/mol. The molecule has 1 fully saturated rings. The molecule has 19 heavy (non-hydrogen) atoms. The van der Waals surface area contributed by atoms with Crippen LogP contribution in [0.3, 0.4) is 0 Å². The third-order valence-corrected chi connectivity index (χ3v) is 4.23. The second-order valence-electron chi connectivity index (χ2n) is 4.70. The molecule has 1 aliphatic rings. The number of carbonyl (C=O) groups is 2. The molecule has 6 nitrogen and oxygen atoms in total. The lowest BCUT2D eigenvalue weighted by Crippen LogP contribution is -2.56. The summed E-state index contributed by atoms with van der Waals surface area (Å²) >= 11 is 1.57. The van der Waals surface area contributed by atoms with Gasteiger partial charge >= 0.3 is 12.0 Å². The summed E-state index contributed by atoms with van der Waals surface area (Å²) in [4.78, 5) is 28.3. The van der Waals surface area contributed by atoms with E-state index >= 15 is 0 Å². The molecule has 2 rings (SSSR count). The van der Waals surface area contributed by atoms with Gasteiger partial charge in [-0.05, 0) is 0 Å². The number of thiazole rings is 1. The fourth-order valence-electron chi connectivity index (χ4n) is 1.96. The fraction of sp³-hybridized carbons (Fsp3) is 0.583. The van der Waals surface area contributed by atoms with Crippen molar-refractivity contribution in [3.63, 3.8) is 0 Å². The standard InChI is InChI=1S/C12H17N3O3S/c1-8(11(16)17)9-6-15(7-9)12(18)14-3-2-10-13-4-5-19-10/h4-5,8-9H,2-3,6-7H2,1H3,(H,14,18)(H,16,17). The van der Waals surface area contributed by atoms with E-state index in [2.05, 4.69) is 10.3 Å². The molecule has 1 unspecified atom stereocenters. The molecule has 1 saturated heterocycles. The Morgan fingerprint density at radius 2 is 2.37 bits per heavy atom. The summed E-state index contributed by atoms with van der Waals surface area (Å²) in [5.74, 6) is -1.12. The van der Waals surface area contributed by atoms with Crippen LogP contribution in [0.4, 0.5) is 4.79 Å². The van der Waals surface area contributed by atoms with E-state index in [-0.39, 0.29) is 17.9 Å². The number of hydrogen-bond acceptors (Lipinski definition) is 4. The molecule has 0 saturated carbocycles. The number of rotatable bonds is 5. The van der Waals surface area contributed by atoms with E-state index in [4.69, 9.17) is 5.11 Å². The largest absolute Gasteiger partial charge is 0.481 e. The number of carboxylic acid groups (broad SMARTS) is 1. The molecule has 0 aliphatic carbocycles. The number of aromatic nitrogens is 1. The molecule has 1 aromatic rings. The first-order valence-corrected chi connectivity index (χ1v) is 7.10. The van der Waals surface area contributed by atoms with Crippen LogP contribution in [0.5, 0.6) is 0 Å². The van der Waals surface area contributed by atoms with Crippen LogP contribution in [0.15, 0.2) is 11.6 Å². The van der Waals surface area contributed by atoms with Crippen LogP contribution in [0.2, 0.25) is 0 Å². The zero-order valence-corrected chi connectivity index (χ0v) is 11.5. The summed E-state index contributed by atoms with van der Waals surface area (Å²) in [6.07, 6.45) is 2.47. The van der Waals surface area contributed by atoms with Gasteiger partial charge in [0, 0.05) is 43.5 Å². The van der Waals surface area contributed by atoms with Crippen molar-refractivity contribution in [3.8, 4) is 0 Å². The Balaban J connectivity index is 1.65. The van der Waals surface area contributed by atoms with Gasteiger partial charge in [-0.3, -0.25) is 4.79 Å². The van der Waals surface area contributed by atoms with E-state index < -0.39 is 5.97 Å². The number of carboxylic acids is 1. The smallest absolute Gasteiger partial charge is 0.317 e. The van der Waals surface area contributed by atoms with Crippen LogP contribution in [0.1, 0.15) is 11.9 Å². The van der Waals surface area contributed by atoms with E-state index in [1.54, 1.807) is 29.4 Å². The number of nitrogens with zero attached hydrogens (tertiary/aromatic N) is 2. The Labute approximate surface area is 115 Å². The number of amides is 2. The van der Waals surface area contributed by atoms with Gasteiger partial charge in [-0.15, -0.1) is 11.3 Å². The molecule has 0 bridgehead atoms. The van der Waals surface area contributed by atoms with Crippen LogP contribution >= 0.6 is 11.3 Å². The highest BCUT2D eigenvalue weighted by Gasteiger charge is 2.36. The van der Waals surface area contributed by atoms with Crippen molar-refractivity contribution < 1.29 is 14.7 Å². The number of urea groups is 1. The maximum Gasteiger partial charge on any atom is 0.317 e. The average Bonchev–Trinajstić information content (AvgIpc) is 2.79. The van der Waals surface area contributed by atoms with Gasteiger partial charge in [0.2, 0.25) is 0 Å². The Morgan fingerprint density at radius 3 is 2.95 bits per heavy atom. The van der Waals surface area contributed by atoms with Gasteiger partial charge in [0.15, 0.2) is 0 Å². The van der Waals surface area contributed by atoms with Gasteiger partial charge in [-0.2, -0.15) is 0 Å². The minimum absolute atomic E-state index is 0.0715. The highest BCUT2D eigenvalue weighted by Crippen LogP contribution is 2.23. The first-order valence-electron chi connectivity index (χ1n) is 6.22. The second kappa shape index (κ2) is 6.01. The van der Waals surface area contributed by atoms with Crippen molar-refractivity contribution in [2.24, 2.45) is 11.8 Å². The normalized spacial score (nSPS) is 16.8. The van der Waals surface area contributed by atoms with E-state index in [0.29, 0.717) is 19.6 Å². The Kier molecular flexibility index (Phi) is 4.36. The molecule has 0 spiro atoms. The molecular formula is C12H17N3O3S. The van der Waals surface area contributed by atoms with Crippen LogP contribution < -0.4 is 5.32 Å². The molecule has 7 heteroatoms. The maximum absolute atomic E-state index is 11.7. The third-order valence-electron chi connectivity index (χ3n) is 3.39. The average molecular weight is 283 g/mol. The predicted octanol–water partition coefficient (Wildman–Crippen LogP) is 1.05. The quantitative estimate of drug-likeness (QED) is 0.846. The number of aliphatic carboxylic acids is 1.